The molecule has 3 heterocycles. The van der Waals surface area contributed by atoms with Crippen LogP contribution in [0.15, 0.2) is 12.3 Å². The summed E-state index contributed by atoms with van der Waals surface area (Å²) in [5.41, 5.74) is 8.44. The van der Waals surface area contributed by atoms with Crippen molar-refractivity contribution < 1.29 is 4.79 Å². The minimum Gasteiger partial charge on any atom is -0.338 e. The molecule has 0 bridgehead atoms. The van der Waals surface area contributed by atoms with Crippen molar-refractivity contribution in [3.63, 3.8) is 0 Å². The monoisotopic (exact) mass is 415 g/mol. The molecule has 1 aliphatic rings. The van der Waals surface area contributed by atoms with Crippen LogP contribution in [0.4, 0.5) is 0 Å². The van der Waals surface area contributed by atoms with Gasteiger partial charge in [0.1, 0.15) is 0 Å². The molecular formula is C19H31Cl2N5O. The number of carbonyl (C=O) groups is 1. The van der Waals surface area contributed by atoms with Crippen molar-refractivity contribution in [2.75, 3.05) is 13.1 Å². The van der Waals surface area contributed by atoms with Crippen LogP contribution in [0.25, 0.3) is 11.0 Å². The largest absolute Gasteiger partial charge is 0.338 e. The van der Waals surface area contributed by atoms with E-state index in [0.717, 1.165) is 49.1 Å². The molecule has 1 amide bonds. The average Bonchev–Trinajstić information content (AvgIpc) is 3.03. The van der Waals surface area contributed by atoms with Crippen LogP contribution < -0.4 is 5.73 Å². The number of likely N-dealkylation sites (tertiary alicyclic amines) is 1. The number of fused-ring (bicyclic) bond motifs is 1. The number of amides is 1. The molecule has 0 spiro atoms. The molecule has 3 unspecified atom stereocenters. The molecular weight excluding hydrogens is 385 g/mol. The number of nitrogens with zero attached hydrogens (tertiary/aromatic N) is 4. The van der Waals surface area contributed by atoms with Crippen molar-refractivity contribution in [3.05, 3.63) is 23.5 Å². The van der Waals surface area contributed by atoms with Crippen LogP contribution in [0, 0.1) is 12.8 Å². The Balaban J connectivity index is 0.00000182. The molecule has 27 heavy (non-hydrogen) atoms. The van der Waals surface area contributed by atoms with Crippen molar-refractivity contribution in [2.24, 2.45) is 11.7 Å². The summed E-state index contributed by atoms with van der Waals surface area (Å²) in [6.45, 7) is 9.75. The van der Waals surface area contributed by atoms with Crippen LogP contribution in [0.2, 0.25) is 0 Å². The average molecular weight is 416 g/mol. The van der Waals surface area contributed by atoms with E-state index in [2.05, 4.69) is 23.9 Å². The molecule has 0 aliphatic carbocycles. The number of hydrogen-bond acceptors (Lipinski definition) is 4. The summed E-state index contributed by atoms with van der Waals surface area (Å²) in [6, 6.07) is 2.26. The van der Waals surface area contributed by atoms with Crippen molar-refractivity contribution in [1.29, 1.82) is 0 Å². The van der Waals surface area contributed by atoms with Crippen LogP contribution in [0.1, 0.15) is 62.1 Å². The van der Waals surface area contributed by atoms with E-state index in [1.54, 1.807) is 6.20 Å². The Bertz CT molecular complexity index is 777. The van der Waals surface area contributed by atoms with Crippen LogP contribution in [0.3, 0.4) is 0 Å². The first kappa shape index (κ1) is 23.7. The number of halogens is 2. The highest BCUT2D eigenvalue weighted by Crippen LogP contribution is 2.26. The van der Waals surface area contributed by atoms with E-state index in [0.29, 0.717) is 11.5 Å². The van der Waals surface area contributed by atoms with Gasteiger partial charge in [-0.15, -0.1) is 24.8 Å². The number of aryl methyl sites for hydroxylation is 1. The second kappa shape index (κ2) is 9.71. The van der Waals surface area contributed by atoms with Crippen molar-refractivity contribution in [2.45, 2.75) is 59.0 Å². The summed E-state index contributed by atoms with van der Waals surface area (Å²) in [4.78, 5) is 19.8. The highest BCUT2D eigenvalue weighted by atomic mass is 35.5. The van der Waals surface area contributed by atoms with Gasteiger partial charge in [0.15, 0.2) is 5.65 Å². The number of hydrogen-bond donors (Lipinski definition) is 1. The summed E-state index contributed by atoms with van der Waals surface area (Å²) < 4.78 is 1.93. The van der Waals surface area contributed by atoms with Gasteiger partial charge in [-0.3, -0.25) is 4.79 Å². The third-order valence-electron chi connectivity index (χ3n) is 5.42. The predicted octanol–water partition coefficient (Wildman–Crippen LogP) is 3.75. The van der Waals surface area contributed by atoms with E-state index in [4.69, 9.17) is 5.73 Å². The first-order valence-corrected chi connectivity index (χ1v) is 9.32. The van der Waals surface area contributed by atoms with Gasteiger partial charge in [-0.25, -0.2) is 9.67 Å². The lowest BCUT2D eigenvalue weighted by Crippen LogP contribution is -2.45. The molecule has 0 saturated carbocycles. The highest BCUT2D eigenvalue weighted by Gasteiger charge is 2.28. The normalized spacial score (nSPS) is 19.1. The molecule has 0 aromatic carbocycles. The number of rotatable bonds is 4. The fourth-order valence-corrected chi connectivity index (χ4v) is 3.61. The van der Waals surface area contributed by atoms with Crippen molar-refractivity contribution in [3.8, 4) is 0 Å². The van der Waals surface area contributed by atoms with Gasteiger partial charge >= 0.3 is 0 Å². The molecule has 1 aliphatic heterocycles. The lowest BCUT2D eigenvalue weighted by molar-refractivity contribution is 0.0663. The summed E-state index contributed by atoms with van der Waals surface area (Å²) in [6.07, 6.45) is 4.86. The topological polar surface area (TPSA) is 77.0 Å². The summed E-state index contributed by atoms with van der Waals surface area (Å²) in [7, 11) is 0. The molecule has 2 aromatic rings. The Labute approximate surface area is 173 Å². The van der Waals surface area contributed by atoms with Crippen LogP contribution in [-0.4, -0.2) is 44.7 Å². The van der Waals surface area contributed by atoms with E-state index >= 15 is 0 Å². The van der Waals surface area contributed by atoms with Gasteiger partial charge in [0.2, 0.25) is 0 Å². The fraction of sp³-hybridized carbons (Fsp3) is 0.632. The molecule has 152 valence electrons. The van der Waals surface area contributed by atoms with Gasteiger partial charge in [-0.1, -0.05) is 6.92 Å². The van der Waals surface area contributed by atoms with Gasteiger partial charge in [0.05, 0.1) is 23.2 Å². The third-order valence-corrected chi connectivity index (χ3v) is 5.42. The Morgan fingerprint density at radius 2 is 2.07 bits per heavy atom. The van der Waals surface area contributed by atoms with Crippen LogP contribution in [0.5, 0.6) is 0 Å². The van der Waals surface area contributed by atoms with Gasteiger partial charge in [0.25, 0.3) is 5.91 Å². The molecule has 3 rings (SSSR count). The zero-order valence-corrected chi connectivity index (χ0v) is 18.1. The molecule has 3 atom stereocenters. The Hall–Kier alpha value is -1.37. The maximum absolute atomic E-state index is 13.2. The Morgan fingerprint density at radius 1 is 1.37 bits per heavy atom. The third kappa shape index (κ3) is 4.73. The first-order valence-electron chi connectivity index (χ1n) is 9.32. The van der Waals surface area contributed by atoms with Gasteiger partial charge in [-0.2, -0.15) is 5.10 Å². The number of carbonyl (C=O) groups excluding carboxylic acids is 1. The zero-order chi connectivity index (χ0) is 18.1. The summed E-state index contributed by atoms with van der Waals surface area (Å²) >= 11 is 0. The molecule has 1 saturated heterocycles. The maximum Gasteiger partial charge on any atom is 0.254 e. The zero-order valence-electron chi connectivity index (χ0n) is 16.5. The lowest BCUT2D eigenvalue weighted by Gasteiger charge is -2.34. The lowest BCUT2D eigenvalue weighted by atomic mass is 9.91. The molecule has 1 fully saturated rings. The van der Waals surface area contributed by atoms with Gasteiger partial charge in [-0.05, 0) is 52.0 Å². The van der Waals surface area contributed by atoms with E-state index in [9.17, 15) is 4.79 Å². The second-order valence-corrected chi connectivity index (χ2v) is 7.41. The standard InChI is InChI=1S/C19H29N5O.2ClH/c1-5-13(3)24-18-17(10-21-24)16(9-12(2)22-18)19(25)23-8-6-7-15(11-23)14(4)20;;/h9-10,13-15H,5-8,11,20H2,1-4H3;2*1H. The highest BCUT2D eigenvalue weighted by molar-refractivity contribution is 6.05. The first-order chi connectivity index (χ1) is 11.9. The second-order valence-electron chi connectivity index (χ2n) is 7.41. The number of aromatic nitrogens is 3. The van der Waals surface area contributed by atoms with Crippen LogP contribution in [-0.2, 0) is 0 Å². The molecule has 2 aromatic heterocycles. The number of piperidine rings is 1. The Kier molecular flexibility index (Phi) is 8.51. The minimum absolute atomic E-state index is 0. The quantitative estimate of drug-likeness (QED) is 0.824. The summed E-state index contributed by atoms with van der Waals surface area (Å²) in [5.74, 6) is 0.448. The smallest absolute Gasteiger partial charge is 0.254 e. The van der Waals surface area contributed by atoms with Crippen molar-refractivity contribution in [1.82, 2.24) is 19.7 Å². The molecule has 8 heteroatoms. The van der Waals surface area contributed by atoms with E-state index in [-0.39, 0.29) is 42.8 Å². The molecule has 6 nitrogen and oxygen atoms in total. The van der Waals surface area contributed by atoms with E-state index in [1.807, 2.05) is 29.5 Å². The molecule has 0 radical (unpaired) electrons. The van der Waals surface area contributed by atoms with E-state index in [1.165, 1.54) is 0 Å². The number of nitrogens with two attached hydrogens (primary N) is 1. The van der Waals surface area contributed by atoms with Gasteiger partial charge in [0, 0.05) is 24.8 Å². The van der Waals surface area contributed by atoms with E-state index < -0.39 is 0 Å². The number of pyridine rings is 1. The molecule has 2 N–H and O–H groups in total. The van der Waals surface area contributed by atoms with Gasteiger partial charge < -0.3 is 10.6 Å². The maximum atomic E-state index is 13.2. The predicted molar refractivity (Wildman–Crippen MR) is 114 cm³/mol. The summed E-state index contributed by atoms with van der Waals surface area (Å²) in [5, 5.41) is 5.35. The fourth-order valence-electron chi connectivity index (χ4n) is 3.61. The SMILES string of the molecule is CCC(C)n1ncc2c(C(=O)N3CCCC(C(C)N)C3)cc(C)nc21.Cl.Cl. The van der Waals surface area contributed by atoms with Crippen molar-refractivity contribution >= 4 is 41.8 Å². The Morgan fingerprint density at radius 3 is 2.70 bits per heavy atom. The van der Waals surface area contributed by atoms with Crippen LogP contribution >= 0.6 is 24.8 Å². The minimum atomic E-state index is 0.